The number of hydrogen-bond acceptors (Lipinski definition) is 3. The van der Waals surface area contributed by atoms with Crippen molar-refractivity contribution >= 4 is 0 Å². The monoisotopic (exact) mass is 261 g/mol. The molecule has 0 aromatic carbocycles. The molecule has 1 aliphatic heterocycles. The molecule has 0 spiro atoms. The summed E-state index contributed by atoms with van der Waals surface area (Å²) in [6.07, 6.45) is 4.41. The van der Waals surface area contributed by atoms with Crippen LogP contribution in [0, 0.1) is 12.8 Å². The van der Waals surface area contributed by atoms with Crippen LogP contribution in [-0.4, -0.2) is 35.6 Å². The Balaban J connectivity index is 1.73. The van der Waals surface area contributed by atoms with Crippen molar-refractivity contribution in [3.63, 3.8) is 0 Å². The molecule has 19 heavy (non-hydrogen) atoms. The van der Waals surface area contributed by atoms with E-state index in [0.29, 0.717) is 6.04 Å². The molecule has 2 rings (SSSR count). The molecule has 3 nitrogen and oxygen atoms in total. The van der Waals surface area contributed by atoms with Crippen molar-refractivity contribution in [2.24, 2.45) is 5.92 Å². The quantitative estimate of drug-likeness (QED) is 0.883. The van der Waals surface area contributed by atoms with Gasteiger partial charge >= 0.3 is 0 Å². The summed E-state index contributed by atoms with van der Waals surface area (Å²) in [4.78, 5) is 7.04. The minimum atomic E-state index is 0.657. The van der Waals surface area contributed by atoms with Crippen LogP contribution in [0.5, 0.6) is 0 Å². The topological polar surface area (TPSA) is 28.2 Å². The van der Waals surface area contributed by atoms with Crippen LogP contribution in [0.1, 0.15) is 37.9 Å². The van der Waals surface area contributed by atoms with Crippen molar-refractivity contribution in [2.45, 2.75) is 46.2 Å². The van der Waals surface area contributed by atoms with Gasteiger partial charge in [0.2, 0.25) is 0 Å². The van der Waals surface area contributed by atoms with Crippen LogP contribution in [0.2, 0.25) is 0 Å². The average molecular weight is 261 g/mol. The first-order valence-corrected chi connectivity index (χ1v) is 7.51. The van der Waals surface area contributed by atoms with E-state index in [9.17, 15) is 0 Å². The van der Waals surface area contributed by atoms with Gasteiger partial charge in [-0.3, -0.25) is 4.98 Å². The molecule has 0 aliphatic carbocycles. The van der Waals surface area contributed by atoms with Gasteiger partial charge in [0.15, 0.2) is 0 Å². The maximum absolute atomic E-state index is 4.44. The van der Waals surface area contributed by atoms with Gasteiger partial charge in [0.25, 0.3) is 0 Å². The molecule has 1 aromatic heterocycles. The lowest BCUT2D eigenvalue weighted by molar-refractivity contribution is 0.179. The van der Waals surface area contributed by atoms with Crippen LogP contribution in [0.3, 0.4) is 0 Å². The van der Waals surface area contributed by atoms with Gasteiger partial charge in [-0.25, -0.2) is 0 Å². The molecule has 0 bridgehead atoms. The Kier molecular flexibility index (Phi) is 5.34. The normalized spacial score (nSPS) is 18.1. The number of aryl methyl sites for hydroxylation is 1. The van der Waals surface area contributed by atoms with E-state index in [1.165, 1.54) is 43.7 Å². The van der Waals surface area contributed by atoms with E-state index in [1.807, 2.05) is 12.3 Å². The maximum Gasteiger partial charge on any atom is 0.0570 e. The molecule has 0 saturated carbocycles. The summed E-state index contributed by atoms with van der Waals surface area (Å²) >= 11 is 0. The van der Waals surface area contributed by atoms with Crippen LogP contribution >= 0.6 is 0 Å². The molecule has 0 radical (unpaired) electrons. The molecule has 1 aliphatic rings. The first-order valence-electron chi connectivity index (χ1n) is 7.51. The Morgan fingerprint density at radius 3 is 2.74 bits per heavy atom. The number of nitrogens with zero attached hydrogens (tertiary/aromatic N) is 2. The van der Waals surface area contributed by atoms with Gasteiger partial charge < -0.3 is 10.2 Å². The van der Waals surface area contributed by atoms with Gasteiger partial charge in [0.1, 0.15) is 0 Å². The number of pyridine rings is 1. The third-order valence-corrected chi connectivity index (χ3v) is 3.89. The lowest BCUT2D eigenvalue weighted by Gasteiger charge is -2.33. The SMILES string of the molecule is Cc1cccnc1CNC1CCN(CC(C)C)CC1. The third-order valence-electron chi connectivity index (χ3n) is 3.89. The number of piperidine rings is 1. The molecular weight excluding hydrogens is 234 g/mol. The van der Waals surface area contributed by atoms with Gasteiger partial charge in [0.05, 0.1) is 5.69 Å². The van der Waals surface area contributed by atoms with Crippen molar-refractivity contribution in [1.29, 1.82) is 0 Å². The smallest absolute Gasteiger partial charge is 0.0570 e. The fourth-order valence-electron chi connectivity index (χ4n) is 2.78. The minimum Gasteiger partial charge on any atom is -0.308 e. The van der Waals surface area contributed by atoms with E-state index >= 15 is 0 Å². The molecule has 0 atom stereocenters. The first-order chi connectivity index (χ1) is 9.15. The van der Waals surface area contributed by atoms with Crippen LogP contribution in [0.15, 0.2) is 18.3 Å². The van der Waals surface area contributed by atoms with Gasteiger partial charge in [-0.2, -0.15) is 0 Å². The maximum atomic E-state index is 4.44. The van der Waals surface area contributed by atoms with Crippen LogP contribution in [0.25, 0.3) is 0 Å². The molecule has 0 amide bonds. The fraction of sp³-hybridized carbons (Fsp3) is 0.688. The molecule has 1 fully saturated rings. The van der Waals surface area contributed by atoms with Gasteiger partial charge in [-0.15, -0.1) is 0 Å². The van der Waals surface area contributed by atoms with E-state index in [1.54, 1.807) is 0 Å². The highest BCUT2D eigenvalue weighted by Gasteiger charge is 2.19. The zero-order valence-corrected chi connectivity index (χ0v) is 12.5. The second kappa shape index (κ2) is 7.01. The van der Waals surface area contributed by atoms with E-state index in [2.05, 4.69) is 42.0 Å². The predicted molar refractivity (Wildman–Crippen MR) is 80.1 cm³/mol. The Hall–Kier alpha value is -0.930. The fourth-order valence-corrected chi connectivity index (χ4v) is 2.78. The lowest BCUT2D eigenvalue weighted by atomic mass is 10.0. The summed E-state index contributed by atoms with van der Waals surface area (Å²) in [5.41, 5.74) is 2.47. The van der Waals surface area contributed by atoms with Crippen molar-refractivity contribution in [3.8, 4) is 0 Å². The van der Waals surface area contributed by atoms with E-state index in [4.69, 9.17) is 0 Å². The third kappa shape index (κ3) is 4.59. The summed E-state index contributed by atoms with van der Waals surface area (Å²) in [5.74, 6) is 0.778. The molecule has 1 aromatic rings. The van der Waals surface area contributed by atoms with Gasteiger partial charge in [-0.05, 0) is 50.4 Å². The predicted octanol–water partition coefficient (Wildman–Crippen LogP) is 2.60. The number of hydrogen-bond donors (Lipinski definition) is 1. The Bertz CT molecular complexity index is 381. The van der Waals surface area contributed by atoms with E-state index in [-0.39, 0.29) is 0 Å². The molecule has 0 unspecified atom stereocenters. The number of rotatable bonds is 5. The van der Waals surface area contributed by atoms with E-state index < -0.39 is 0 Å². The highest BCUT2D eigenvalue weighted by Crippen LogP contribution is 2.13. The number of nitrogens with one attached hydrogen (secondary N) is 1. The highest BCUT2D eigenvalue weighted by molar-refractivity contribution is 5.17. The Labute approximate surface area is 117 Å². The Morgan fingerprint density at radius 2 is 2.11 bits per heavy atom. The summed E-state index contributed by atoms with van der Waals surface area (Å²) in [6.45, 7) is 11.3. The zero-order valence-electron chi connectivity index (χ0n) is 12.5. The second-order valence-electron chi connectivity index (χ2n) is 6.12. The van der Waals surface area contributed by atoms with Crippen LogP contribution in [0.4, 0.5) is 0 Å². The minimum absolute atomic E-state index is 0.657. The molecular formula is C16H27N3. The zero-order chi connectivity index (χ0) is 13.7. The van der Waals surface area contributed by atoms with Gasteiger partial charge in [-0.1, -0.05) is 19.9 Å². The largest absolute Gasteiger partial charge is 0.308 e. The molecule has 106 valence electrons. The lowest BCUT2D eigenvalue weighted by Crippen LogP contribution is -2.43. The highest BCUT2D eigenvalue weighted by atomic mass is 15.1. The molecule has 3 heteroatoms. The van der Waals surface area contributed by atoms with Gasteiger partial charge in [0, 0.05) is 25.3 Å². The average Bonchev–Trinajstić information content (AvgIpc) is 2.39. The Morgan fingerprint density at radius 1 is 1.37 bits per heavy atom. The second-order valence-corrected chi connectivity index (χ2v) is 6.12. The first kappa shape index (κ1) is 14.5. The summed E-state index contributed by atoms with van der Waals surface area (Å²) < 4.78 is 0. The number of aromatic nitrogens is 1. The summed E-state index contributed by atoms with van der Waals surface area (Å²) in [6, 6.07) is 4.79. The summed E-state index contributed by atoms with van der Waals surface area (Å²) in [7, 11) is 0. The van der Waals surface area contributed by atoms with E-state index in [0.717, 1.165) is 12.5 Å². The van der Waals surface area contributed by atoms with Crippen LogP contribution < -0.4 is 5.32 Å². The van der Waals surface area contributed by atoms with Crippen molar-refractivity contribution < 1.29 is 0 Å². The number of likely N-dealkylation sites (tertiary alicyclic amines) is 1. The molecule has 2 heterocycles. The van der Waals surface area contributed by atoms with Crippen molar-refractivity contribution in [2.75, 3.05) is 19.6 Å². The van der Waals surface area contributed by atoms with Crippen LogP contribution in [-0.2, 0) is 6.54 Å². The standard InChI is InChI=1S/C16H27N3/c1-13(2)12-19-9-6-15(7-10-19)18-11-16-14(3)5-4-8-17-16/h4-5,8,13,15,18H,6-7,9-12H2,1-3H3. The molecule has 1 N–H and O–H groups in total. The summed E-state index contributed by atoms with van der Waals surface area (Å²) in [5, 5.41) is 3.66. The molecule has 1 saturated heterocycles. The van der Waals surface area contributed by atoms with Crippen molar-refractivity contribution in [3.05, 3.63) is 29.6 Å². The van der Waals surface area contributed by atoms with Crippen molar-refractivity contribution in [1.82, 2.24) is 15.2 Å².